The Labute approximate surface area is 163 Å². The first-order valence-electron chi connectivity index (χ1n) is 8.84. The van der Waals surface area contributed by atoms with Crippen molar-refractivity contribution in [1.82, 2.24) is 9.97 Å². The van der Waals surface area contributed by atoms with E-state index in [0.717, 1.165) is 44.6 Å². The molecule has 6 heteroatoms. The Morgan fingerprint density at radius 3 is 2.70 bits per heavy atom. The first kappa shape index (κ1) is 15.4. The van der Waals surface area contributed by atoms with Gasteiger partial charge in [-0.05, 0) is 47.6 Å². The summed E-state index contributed by atoms with van der Waals surface area (Å²) < 4.78 is 7.66. The average Bonchev–Trinajstić information content (AvgIpc) is 3.38. The predicted octanol–water partition coefficient (Wildman–Crippen LogP) is 5.91. The van der Waals surface area contributed by atoms with E-state index in [-0.39, 0.29) is 0 Å². The molecule has 0 saturated carbocycles. The lowest BCUT2D eigenvalue weighted by molar-refractivity contribution is 0.415. The molecule has 0 unspecified atom stereocenters. The fourth-order valence-corrected chi connectivity index (χ4v) is 5.79. The molecule has 0 atom stereocenters. The maximum absolute atomic E-state index is 5.29. The van der Waals surface area contributed by atoms with E-state index < -0.39 is 0 Å². The number of fused-ring (bicyclic) bond motifs is 3. The largest absolute Gasteiger partial charge is 0.497 e. The monoisotopic (exact) mass is 389 g/mol. The molecule has 132 valence electrons. The summed E-state index contributed by atoms with van der Waals surface area (Å²) in [4.78, 5) is 9.59. The summed E-state index contributed by atoms with van der Waals surface area (Å²) in [6, 6.07) is 14.9. The lowest BCUT2D eigenvalue weighted by Crippen LogP contribution is -1.87. The third kappa shape index (κ3) is 2.33. The van der Waals surface area contributed by atoms with Gasteiger partial charge >= 0.3 is 0 Å². The second kappa shape index (κ2) is 5.65. The molecule has 3 aromatic carbocycles. The van der Waals surface area contributed by atoms with E-state index in [4.69, 9.17) is 9.72 Å². The molecule has 1 aliphatic rings. The number of aromatic nitrogens is 2. The van der Waals surface area contributed by atoms with Crippen LogP contribution < -0.4 is 10.1 Å². The minimum atomic E-state index is 0.823. The Kier molecular flexibility index (Phi) is 3.21. The van der Waals surface area contributed by atoms with Crippen molar-refractivity contribution in [3.8, 4) is 5.75 Å². The number of rotatable bonds is 3. The van der Waals surface area contributed by atoms with Gasteiger partial charge in [0.2, 0.25) is 0 Å². The molecule has 0 bridgehead atoms. The molecule has 1 N–H and O–H groups in total. The third-order valence-corrected chi connectivity index (χ3v) is 7.03. The number of hydrogen-bond acceptors (Lipinski definition) is 6. The van der Waals surface area contributed by atoms with Crippen LogP contribution >= 0.6 is 22.7 Å². The second-order valence-electron chi connectivity index (χ2n) is 6.72. The van der Waals surface area contributed by atoms with Gasteiger partial charge in [0.25, 0.3) is 0 Å². The molecule has 0 amide bonds. The van der Waals surface area contributed by atoms with Crippen LogP contribution in [0.3, 0.4) is 0 Å². The fourth-order valence-electron chi connectivity index (χ4n) is 3.94. The van der Waals surface area contributed by atoms with E-state index in [1.165, 1.54) is 26.6 Å². The predicted molar refractivity (Wildman–Crippen MR) is 114 cm³/mol. The van der Waals surface area contributed by atoms with Crippen LogP contribution in [0.15, 0.2) is 42.5 Å². The first-order chi connectivity index (χ1) is 13.3. The maximum atomic E-state index is 5.29. The summed E-state index contributed by atoms with van der Waals surface area (Å²) in [7, 11) is 1.67. The molecule has 5 aromatic rings. The molecule has 0 saturated heterocycles. The summed E-state index contributed by atoms with van der Waals surface area (Å²) >= 11 is 3.33. The normalized spacial score (nSPS) is 13.1. The molecular formula is C21H15N3OS2. The Bertz CT molecular complexity index is 1350. The van der Waals surface area contributed by atoms with Crippen molar-refractivity contribution in [3.05, 3.63) is 53.6 Å². The van der Waals surface area contributed by atoms with Crippen molar-refractivity contribution < 1.29 is 4.74 Å². The van der Waals surface area contributed by atoms with Gasteiger partial charge in [0.05, 0.1) is 27.5 Å². The van der Waals surface area contributed by atoms with Crippen LogP contribution in [0.4, 0.5) is 10.3 Å². The minimum absolute atomic E-state index is 0.823. The van der Waals surface area contributed by atoms with E-state index in [2.05, 4.69) is 34.6 Å². The molecular weight excluding hydrogens is 374 g/mol. The van der Waals surface area contributed by atoms with E-state index in [0.29, 0.717) is 0 Å². The lowest BCUT2D eigenvalue weighted by atomic mass is 10.0. The van der Waals surface area contributed by atoms with Gasteiger partial charge in [-0.1, -0.05) is 40.9 Å². The second-order valence-corrected chi connectivity index (χ2v) is 8.78. The van der Waals surface area contributed by atoms with Gasteiger partial charge in [-0.15, -0.1) is 0 Å². The summed E-state index contributed by atoms with van der Waals surface area (Å²) in [5.41, 5.74) is 4.94. The van der Waals surface area contributed by atoms with Crippen molar-refractivity contribution in [2.45, 2.75) is 12.8 Å². The minimum Gasteiger partial charge on any atom is -0.497 e. The SMILES string of the molecule is COc1ccc2sc(Nc3nc4c(cc5c6c(cccc64)CC5)s3)nc2c1. The molecule has 2 aromatic heterocycles. The number of aryl methyl sites for hydroxylation is 2. The number of ether oxygens (including phenoxy) is 1. The Hall–Kier alpha value is -2.70. The van der Waals surface area contributed by atoms with E-state index in [9.17, 15) is 0 Å². The molecule has 6 rings (SSSR count). The molecule has 0 fully saturated rings. The van der Waals surface area contributed by atoms with Crippen molar-refractivity contribution in [2.75, 3.05) is 12.4 Å². The maximum Gasteiger partial charge on any atom is 0.190 e. The van der Waals surface area contributed by atoms with Crippen LogP contribution in [-0.2, 0) is 12.8 Å². The van der Waals surface area contributed by atoms with Crippen LogP contribution in [0.1, 0.15) is 11.1 Å². The van der Waals surface area contributed by atoms with E-state index in [1.54, 1.807) is 29.8 Å². The fraction of sp³-hybridized carbons (Fsp3) is 0.143. The molecule has 2 heterocycles. The molecule has 0 spiro atoms. The third-order valence-electron chi connectivity index (χ3n) is 5.16. The zero-order valence-corrected chi connectivity index (χ0v) is 16.2. The standard InChI is InChI=1S/C21H15N3OS2/c1-25-13-7-8-16-15(10-13)22-20(26-16)24-21-23-19-14-4-2-3-11-5-6-12(18(11)14)9-17(19)27-21/h2-4,7-10H,5-6H2,1H3,(H,22,23,24). The molecule has 1 aliphatic carbocycles. The highest BCUT2D eigenvalue weighted by molar-refractivity contribution is 7.24. The van der Waals surface area contributed by atoms with Gasteiger partial charge in [0.15, 0.2) is 10.3 Å². The highest BCUT2D eigenvalue weighted by Gasteiger charge is 2.18. The summed E-state index contributed by atoms with van der Waals surface area (Å²) in [6.45, 7) is 0. The van der Waals surface area contributed by atoms with Crippen LogP contribution in [0.25, 0.3) is 31.2 Å². The van der Waals surface area contributed by atoms with E-state index in [1.807, 2.05) is 18.2 Å². The Balaban J connectivity index is 1.45. The topological polar surface area (TPSA) is 47.0 Å². The average molecular weight is 390 g/mol. The summed E-state index contributed by atoms with van der Waals surface area (Å²) in [5, 5.41) is 7.84. The number of thiazole rings is 2. The zero-order chi connectivity index (χ0) is 18.0. The van der Waals surface area contributed by atoms with Gasteiger partial charge in [-0.3, -0.25) is 0 Å². The number of nitrogens with zero attached hydrogens (tertiary/aromatic N) is 2. The molecule has 0 radical (unpaired) electrons. The smallest absolute Gasteiger partial charge is 0.190 e. The summed E-state index contributed by atoms with van der Waals surface area (Å²) in [6.07, 6.45) is 2.27. The van der Waals surface area contributed by atoms with Gasteiger partial charge < -0.3 is 10.1 Å². The van der Waals surface area contributed by atoms with Gasteiger partial charge in [-0.2, -0.15) is 0 Å². The van der Waals surface area contributed by atoms with Crippen molar-refractivity contribution in [2.24, 2.45) is 0 Å². The number of anilines is 2. The van der Waals surface area contributed by atoms with Crippen LogP contribution in [0, 0.1) is 0 Å². The Morgan fingerprint density at radius 1 is 0.926 bits per heavy atom. The first-order valence-corrected chi connectivity index (χ1v) is 10.5. The quantitative estimate of drug-likeness (QED) is 0.417. The number of nitrogens with one attached hydrogen (secondary N) is 1. The highest BCUT2D eigenvalue weighted by atomic mass is 32.1. The van der Waals surface area contributed by atoms with E-state index >= 15 is 0 Å². The lowest BCUT2D eigenvalue weighted by Gasteiger charge is -2.02. The zero-order valence-electron chi connectivity index (χ0n) is 14.6. The number of benzene rings is 3. The van der Waals surface area contributed by atoms with Crippen molar-refractivity contribution in [1.29, 1.82) is 0 Å². The van der Waals surface area contributed by atoms with Gasteiger partial charge in [-0.25, -0.2) is 9.97 Å². The van der Waals surface area contributed by atoms with Crippen molar-refractivity contribution >= 4 is 64.1 Å². The summed E-state index contributed by atoms with van der Waals surface area (Å²) in [5.74, 6) is 0.823. The number of methoxy groups -OCH3 is 1. The van der Waals surface area contributed by atoms with Crippen LogP contribution in [0.5, 0.6) is 5.75 Å². The number of hydrogen-bond donors (Lipinski definition) is 1. The van der Waals surface area contributed by atoms with Crippen molar-refractivity contribution in [3.63, 3.8) is 0 Å². The molecule has 27 heavy (non-hydrogen) atoms. The Morgan fingerprint density at radius 2 is 1.78 bits per heavy atom. The molecule has 4 nitrogen and oxygen atoms in total. The van der Waals surface area contributed by atoms with Gasteiger partial charge in [0.1, 0.15) is 5.75 Å². The van der Waals surface area contributed by atoms with Crippen LogP contribution in [0.2, 0.25) is 0 Å². The van der Waals surface area contributed by atoms with Gasteiger partial charge in [0, 0.05) is 11.5 Å². The molecule has 0 aliphatic heterocycles. The highest BCUT2D eigenvalue weighted by Crippen LogP contribution is 2.40. The van der Waals surface area contributed by atoms with Crippen LogP contribution in [-0.4, -0.2) is 17.1 Å².